The number of fused-ring (bicyclic) bond motifs is 2. The van der Waals surface area contributed by atoms with Crippen molar-refractivity contribution in [3.8, 4) is 0 Å². The Hall–Kier alpha value is -2.91. The van der Waals surface area contributed by atoms with Crippen molar-refractivity contribution in [2.75, 3.05) is 5.32 Å². The molecule has 9 heteroatoms. The Morgan fingerprint density at radius 2 is 2.00 bits per heavy atom. The number of primary sulfonamides is 1. The van der Waals surface area contributed by atoms with Crippen molar-refractivity contribution in [2.24, 2.45) is 5.14 Å². The number of aliphatic carboxylic acids is 1. The molecule has 0 saturated heterocycles. The Balaban J connectivity index is 1.82. The second-order valence-electron chi connectivity index (χ2n) is 7.34. The number of hydrogen-bond donors (Lipinski definition) is 4. The van der Waals surface area contributed by atoms with E-state index in [4.69, 9.17) is 10.2 Å². The first-order chi connectivity index (χ1) is 13.7. The maximum absolute atomic E-state index is 12.5. The first-order valence-electron chi connectivity index (χ1n) is 9.38. The van der Waals surface area contributed by atoms with Crippen LogP contribution in [0.3, 0.4) is 0 Å². The number of sulfonamides is 1. The molecular formula is C20H21N3O5S. The average molecular weight is 415 g/mol. The van der Waals surface area contributed by atoms with Gasteiger partial charge >= 0.3 is 5.97 Å². The van der Waals surface area contributed by atoms with Crippen LogP contribution in [-0.4, -0.2) is 30.4 Å². The lowest BCUT2D eigenvalue weighted by molar-refractivity contribution is -0.137. The average Bonchev–Trinajstić information content (AvgIpc) is 3.16. The molecule has 2 heterocycles. The van der Waals surface area contributed by atoms with E-state index in [-0.39, 0.29) is 17.2 Å². The Bertz CT molecular complexity index is 1160. The number of hydrogen-bond acceptors (Lipinski definition) is 4. The quantitative estimate of drug-likeness (QED) is 0.553. The Labute approximate surface area is 167 Å². The number of anilines is 1. The maximum Gasteiger partial charge on any atom is 0.303 e. The van der Waals surface area contributed by atoms with Gasteiger partial charge in [-0.2, -0.15) is 0 Å². The van der Waals surface area contributed by atoms with E-state index in [0.29, 0.717) is 28.9 Å². The highest BCUT2D eigenvalue weighted by Crippen LogP contribution is 2.36. The number of nitrogens with one attached hydrogen (secondary N) is 2. The van der Waals surface area contributed by atoms with Gasteiger partial charge in [-0.3, -0.25) is 9.59 Å². The lowest BCUT2D eigenvalue weighted by Crippen LogP contribution is -2.12. The van der Waals surface area contributed by atoms with E-state index in [2.05, 4.69) is 10.3 Å². The highest BCUT2D eigenvalue weighted by atomic mass is 32.2. The van der Waals surface area contributed by atoms with Crippen molar-refractivity contribution in [2.45, 2.75) is 43.4 Å². The number of carboxylic acid groups (broad SMARTS) is 1. The molecular weight excluding hydrogens is 394 g/mol. The van der Waals surface area contributed by atoms with Gasteiger partial charge in [0.25, 0.3) is 5.91 Å². The normalized spacial score (nSPS) is 17.1. The number of rotatable bonds is 5. The minimum absolute atomic E-state index is 0.00118. The van der Waals surface area contributed by atoms with Crippen molar-refractivity contribution in [1.82, 2.24) is 4.98 Å². The number of carbonyl (C=O) groups excluding carboxylic acids is 1. The van der Waals surface area contributed by atoms with Crippen molar-refractivity contribution >= 4 is 39.2 Å². The Morgan fingerprint density at radius 3 is 2.72 bits per heavy atom. The first-order valence-corrected chi connectivity index (χ1v) is 10.9. The Morgan fingerprint density at radius 1 is 1.24 bits per heavy atom. The molecule has 152 valence electrons. The molecule has 5 N–H and O–H groups in total. The molecule has 1 aromatic heterocycles. The highest BCUT2D eigenvalue weighted by Gasteiger charge is 2.27. The molecule has 0 atom stereocenters. The van der Waals surface area contributed by atoms with E-state index in [1.165, 1.54) is 18.2 Å². The van der Waals surface area contributed by atoms with Crippen LogP contribution < -0.4 is 10.5 Å². The molecule has 1 aliphatic heterocycles. The molecule has 0 fully saturated rings. The summed E-state index contributed by atoms with van der Waals surface area (Å²) in [5.74, 6) is -1.22. The summed E-state index contributed by atoms with van der Waals surface area (Å²) >= 11 is 0. The number of aromatic nitrogens is 1. The van der Waals surface area contributed by atoms with Gasteiger partial charge in [0.15, 0.2) is 0 Å². The van der Waals surface area contributed by atoms with Gasteiger partial charge in [-0.05, 0) is 67.5 Å². The number of H-pyrrole nitrogens is 1. The third-order valence-corrected chi connectivity index (χ3v) is 6.33. The van der Waals surface area contributed by atoms with Crippen LogP contribution in [0.25, 0.3) is 11.6 Å². The van der Waals surface area contributed by atoms with E-state index in [9.17, 15) is 18.0 Å². The van der Waals surface area contributed by atoms with Crippen LogP contribution in [0.5, 0.6) is 0 Å². The molecule has 1 aromatic carbocycles. The van der Waals surface area contributed by atoms with Crippen molar-refractivity contribution in [3.05, 3.63) is 46.3 Å². The topological polar surface area (TPSA) is 142 Å². The van der Waals surface area contributed by atoms with Crippen LogP contribution >= 0.6 is 0 Å². The molecule has 29 heavy (non-hydrogen) atoms. The summed E-state index contributed by atoms with van der Waals surface area (Å²) in [6.07, 6.45) is 5.92. The number of aryl methyl sites for hydroxylation is 1. The summed E-state index contributed by atoms with van der Waals surface area (Å²) in [5, 5.41) is 17.1. The predicted molar refractivity (Wildman–Crippen MR) is 108 cm³/mol. The number of benzene rings is 1. The van der Waals surface area contributed by atoms with Crippen molar-refractivity contribution in [3.63, 3.8) is 0 Å². The zero-order chi connectivity index (χ0) is 20.8. The molecule has 0 radical (unpaired) electrons. The predicted octanol–water partition coefficient (Wildman–Crippen LogP) is 2.05. The van der Waals surface area contributed by atoms with Crippen LogP contribution in [0.1, 0.15) is 47.3 Å². The van der Waals surface area contributed by atoms with Gasteiger partial charge in [-0.15, -0.1) is 0 Å². The number of aromatic amines is 1. The maximum atomic E-state index is 12.5. The zero-order valence-electron chi connectivity index (χ0n) is 15.6. The third kappa shape index (κ3) is 3.70. The minimum atomic E-state index is -3.91. The van der Waals surface area contributed by atoms with Crippen LogP contribution in [0.2, 0.25) is 0 Å². The largest absolute Gasteiger partial charge is 0.481 e. The smallest absolute Gasteiger partial charge is 0.303 e. The SMILES string of the molecule is NS(=O)(=O)c1ccc2c(c1)/C(=C/c1[nH]c3c(c1CCC(=O)O)CCCC3)C(=O)N2. The number of carboxylic acids is 1. The number of carbonyl (C=O) groups is 2. The molecule has 0 unspecified atom stereocenters. The van der Waals surface area contributed by atoms with E-state index in [1.54, 1.807) is 6.08 Å². The lowest BCUT2D eigenvalue weighted by Gasteiger charge is -2.12. The molecule has 4 rings (SSSR count). The first kappa shape index (κ1) is 19.4. The molecule has 2 aromatic rings. The van der Waals surface area contributed by atoms with E-state index in [1.807, 2.05) is 0 Å². The summed E-state index contributed by atoms with van der Waals surface area (Å²) < 4.78 is 23.4. The fraction of sp³-hybridized carbons (Fsp3) is 0.300. The lowest BCUT2D eigenvalue weighted by atomic mass is 9.92. The van der Waals surface area contributed by atoms with Crippen LogP contribution in [-0.2, 0) is 38.9 Å². The van der Waals surface area contributed by atoms with Crippen molar-refractivity contribution in [1.29, 1.82) is 0 Å². The van der Waals surface area contributed by atoms with Gasteiger partial charge in [0, 0.05) is 29.1 Å². The van der Waals surface area contributed by atoms with E-state index < -0.39 is 16.0 Å². The molecule has 1 aliphatic carbocycles. The van der Waals surface area contributed by atoms with Crippen LogP contribution in [0.4, 0.5) is 5.69 Å². The molecule has 1 amide bonds. The molecule has 2 aliphatic rings. The van der Waals surface area contributed by atoms with E-state index in [0.717, 1.165) is 42.5 Å². The van der Waals surface area contributed by atoms with Gasteiger partial charge in [0.05, 0.1) is 10.5 Å². The summed E-state index contributed by atoms with van der Waals surface area (Å²) in [4.78, 5) is 26.9. The summed E-state index contributed by atoms with van der Waals surface area (Å²) in [6, 6.07) is 4.25. The molecule has 0 saturated carbocycles. The molecule has 0 spiro atoms. The number of amides is 1. The summed E-state index contributed by atoms with van der Waals surface area (Å²) in [6.45, 7) is 0. The van der Waals surface area contributed by atoms with Gasteiger partial charge in [0.1, 0.15) is 0 Å². The third-order valence-electron chi connectivity index (χ3n) is 5.42. The zero-order valence-corrected chi connectivity index (χ0v) is 16.4. The van der Waals surface area contributed by atoms with Gasteiger partial charge in [0.2, 0.25) is 10.0 Å². The Kier molecular flexibility index (Phi) is 4.79. The van der Waals surface area contributed by atoms with Crippen molar-refractivity contribution < 1.29 is 23.1 Å². The summed E-state index contributed by atoms with van der Waals surface area (Å²) in [7, 11) is -3.91. The number of nitrogens with two attached hydrogens (primary N) is 1. The fourth-order valence-electron chi connectivity index (χ4n) is 4.05. The highest BCUT2D eigenvalue weighted by molar-refractivity contribution is 7.89. The molecule has 0 bridgehead atoms. The fourth-order valence-corrected chi connectivity index (χ4v) is 4.59. The standard InChI is InChI=1S/C20H21N3O5S/c21-29(27,28)11-5-7-17-14(9-11)15(20(26)23-17)10-18-13(6-8-19(24)25)12-3-1-2-4-16(12)22-18/h5,7,9-10,22H,1-4,6,8H2,(H,23,26)(H,24,25)(H2,21,27,28)/b15-10-. The monoisotopic (exact) mass is 415 g/mol. The van der Waals surface area contributed by atoms with Gasteiger partial charge in [-0.1, -0.05) is 0 Å². The van der Waals surface area contributed by atoms with Crippen LogP contribution in [0, 0.1) is 0 Å². The van der Waals surface area contributed by atoms with Crippen LogP contribution in [0.15, 0.2) is 23.1 Å². The second kappa shape index (κ2) is 7.16. The summed E-state index contributed by atoms with van der Waals surface area (Å²) in [5.41, 5.74) is 5.13. The van der Waals surface area contributed by atoms with Gasteiger partial charge in [-0.25, -0.2) is 13.6 Å². The van der Waals surface area contributed by atoms with Gasteiger partial charge < -0.3 is 15.4 Å². The minimum Gasteiger partial charge on any atom is -0.481 e. The second-order valence-corrected chi connectivity index (χ2v) is 8.90. The molecule has 8 nitrogen and oxygen atoms in total. The van der Waals surface area contributed by atoms with E-state index >= 15 is 0 Å².